The van der Waals surface area contributed by atoms with Crippen LogP contribution >= 0.6 is 0 Å². The lowest BCUT2D eigenvalue weighted by Gasteiger charge is -2.28. The van der Waals surface area contributed by atoms with E-state index in [2.05, 4.69) is 0 Å². The summed E-state index contributed by atoms with van der Waals surface area (Å²) in [4.78, 5) is 26.8. The Labute approximate surface area is 135 Å². The average Bonchev–Trinajstić information content (AvgIpc) is 2.59. The number of hydrogen-bond donors (Lipinski definition) is 0. The quantitative estimate of drug-likeness (QED) is 0.720. The van der Waals surface area contributed by atoms with Crippen LogP contribution in [0, 0.1) is 0 Å². The van der Waals surface area contributed by atoms with Crippen molar-refractivity contribution in [3.05, 3.63) is 59.7 Å². The van der Waals surface area contributed by atoms with Crippen LogP contribution in [0.1, 0.15) is 36.7 Å². The Morgan fingerprint density at radius 2 is 1.61 bits per heavy atom. The van der Waals surface area contributed by atoms with E-state index in [1.165, 1.54) is 4.90 Å². The van der Waals surface area contributed by atoms with Crippen molar-refractivity contribution in [2.24, 2.45) is 0 Å². The van der Waals surface area contributed by atoms with Crippen molar-refractivity contribution in [1.29, 1.82) is 0 Å². The van der Waals surface area contributed by atoms with E-state index in [4.69, 9.17) is 4.74 Å². The predicted molar refractivity (Wildman–Crippen MR) is 89.3 cm³/mol. The van der Waals surface area contributed by atoms with E-state index in [0.717, 1.165) is 5.56 Å². The number of benzene rings is 2. The summed E-state index contributed by atoms with van der Waals surface area (Å²) < 4.78 is 5.56. The second-order valence-corrected chi connectivity index (χ2v) is 6.56. The normalized spacial score (nSPS) is 13.9. The highest BCUT2D eigenvalue weighted by Gasteiger charge is 2.31. The zero-order valence-corrected chi connectivity index (χ0v) is 13.5. The smallest absolute Gasteiger partial charge is 0.419 e. The van der Waals surface area contributed by atoms with E-state index in [9.17, 15) is 9.59 Å². The van der Waals surface area contributed by atoms with Gasteiger partial charge in [-0.25, -0.2) is 9.69 Å². The summed E-state index contributed by atoms with van der Waals surface area (Å²) >= 11 is 0. The minimum atomic E-state index is -0.614. The van der Waals surface area contributed by atoms with Crippen molar-refractivity contribution in [2.75, 3.05) is 4.90 Å². The van der Waals surface area contributed by atoms with Gasteiger partial charge in [0.2, 0.25) is 0 Å². The molecule has 1 aliphatic rings. The molecule has 0 unspecified atom stereocenters. The molecule has 1 aliphatic heterocycles. The van der Waals surface area contributed by atoms with Crippen molar-refractivity contribution in [2.45, 2.75) is 32.8 Å². The van der Waals surface area contributed by atoms with Crippen LogP contribution in [0.3, 0.4) is 0 Å². The van der Waals surface area contributed by atoms with Gasteiger partial charge in [-0.2, -0.15) is 0 Å². The SMILES string of the molecule is CC(C)(C)OC(=O)N1c2ccccc2CC(=O)c2ccccc21. The number of anilines is 2. The molecule has 118 valence electrons. The van der Waals surface area contributed by atoms with Gasteiger partial charge in [0.1, 0.15) is 5.60 Å². The molecular formula is C19H19NO3. The summed E-state index contributed by atoms with van der Waals surface area (Å²) in [6.07, 6.45) is -0.209. The second kappa shape index (κ2) is 5.54. The molecule has 4 nitrogen and oxygen atoms in total. The number of para-hydroxylation sites is 2. The van der Waals surface area contributed by atoms with Crippen molar-refractivity contribution < 1.29 is 14.3 Å². The number of ether oxygens (including phenoxy) is 1. The third-order valence-corrected chi connectivity index (χ3v) is 3.60. The Hall–Kier alpha value is -2.62. The number of rotatable bonds is 0. The zero-order valence-electron chi connectivity index (χ0n) is 13.5. The average molecular weight is 309 g/mol. The highest BCUT2D eigenvalue weighted by Crippen LogP contribution is 2.36. The van der Waals surface area contributed by atoms with E-state index in [-0.39, 0.29) is 12.2 Å². The minimum Gasteiger partial charge on any atom is -0.443 e. The van der Waals surface area contributed by atoms with E-state index < -0.39 is 11.7 Å². The van der Waals surface area contributed by atoms with Gasteiger partial charge in [-0.15, -0.1) is 0 Å². The second-order valence-electron chi connectivity index (χ2n) is 6.56. The lowest BCUT2D eigenvalue weighted by atomic mass is 10.0. The fourth-order valence-corrected chi connectivity index (χ4v) is 2.69. The van der Waals surface area contributed by atoms with Crippen molar-refractivity contribution >= 4 is 23.3 Å². The third-order valence-electron chi connectivity index (χ3n) is 3.60. The first-order valence-corrected chi connectivity index (χ1v) is 7.60. The lowest BCUT2D eigenvalue weighted by molar-refractivity contribution is 0.0599. The summed E-state index contributed by atoms with van der Waals surface area (Å²) in [5.41, 5.74) is 2.00. The number of Topliss-reactive ketones (excluding diaryl/α,β-unsaturated/α-hetero) is 1. The molecule has 1 amide bonds. The molecule has 0 aromatic heterocycles. The summed E-state index contributed by atoms with van der Waals surface area (Å²) in [6.45, 7) is 5.48. The monoisotopic (exact) mass is 309 g/mol. The van der Waals surface area contributed by atoms with Gasteiger partial charge in [-0.3, -0.25) is 4.79 Å². The number of amides is 1. The first-order valence-electron chi connectivity index (χ1n) is 7.60. The molecule has 0 radical (unpaired) electrons. The molecule has 0 atom stereocenters. The van der Waals surface area contributed by atoms with Crippen LogP contribution < -0.4 is 4.90 Å². The largest absolute Gasteiger partial charge is 0.443 e. The Morgan fingerprint density at radius 1 is 1.00 bits per heavy atom. The Balaban J connectivity index is 2.18. The highest BCUT2D eigenvalue weighted by atomic mass is 16.6. The summed E-state index contributed by atoms with van der Waals surface area (Å²) in [5, 5.41) is 0. The number of ketones is 1. The molecule has 23 heavy (non-hydrogen) atoms. The molecule has 0 bridgehead atoms. The number of nitrogens with zero attached hydrogens (tertiary/aromatic N) is 1. The number of fused-ring (bicyclic) bond motifs is 2. The summed E-state index contributed by atoms with van der Waals surface area (Å²) in [5.74, 6) is -0.000825. The molecule has 0 saturated carbocycles. The number of hydrogen-bond acceptors (Lipinski definition) is 3. The Kier molecular flexibility index (Phi) is 3.68. The first-order chi connectivity index (χ1) is 10.9. The molecule has 0 spiro atoms. The standard InChI is InChI=1S/C19H19NO3/c1-19(2,3)23-18(22)20-15-10-6-4-8-13(15)12-17(21)14-9-5-7-11-16(14)20/h4-11H,12H2,1-3H3. The zero-order chi connectivity index (χ0) is 16.6. The molecule has 4 heteroatoms. The van der Waals surface area contributed by atoms with Gasteiger partial charge >= 0.3 is 6.09 Å². The van der Waals surface area contributed by atoms with Crippen LogP contribution in [0.5, 0.6) is 0 Å². The molecular weight excluding hydrogens is 290 g/mol. The molecule has 0 saturated heterocycles. The summed E-state index contributed by atoms with van der Waals surface area (Å²) in [7, 11) is 0. The molecule has 2 aromatic carbocycles. The van der Waals surface area contributed by atoms with Gasteiger partial charge in [0.25, 0.3) is 0 Å². The molecule has 3 rings (SSSR count). The maximum Gasteiger partial charge on any atom is 0.419 e. The molecule has 2 aromatic rings. The fourth-order valence-electron chi connectivity index (χ4n) is 2.69. The van der Waals surface area contributed by atoms with Crippen LogP contribution in [0.15, 0.2) is 48.5 Å². The predicted octanol–water partition coefficient (Wildman–Crippen LogP) is 4.50. The van der Waals surface area contributed by atoms with Crippen LogP contribution in [-0.2, 0) is 11.2 Å². The van der Waals surface area contributed by atoms with Gasteiger partial charge in [0, 0.05) is 12.0 Å². The van der Waals surface area contributed by atoms with Gasteiger partial charge in [0.15, 0.2) is 5.78 Å². The van der Waals surface area contributed by atoms with E-state index in [1.54, 1.807) is 18.2 Å². The number of carbonyl (C=O) groups is 2. The molecule has 0 N–H and O–H groups in total. The number of carbonyl (C=O) groups excluding carboxylic acids is 2. The van der Waals surface area contributed by atoms with E-state index in [1.807, 2.05) is 51.1 Å². The first kappa shape index (κ1) is 15.3. The van der Waals surface area contributed by atoms with Crippen LogP contribution in [0.4, 0.5) is 16.2 Å². The Morgan fingerprint density at radius 3 is 2.30 bits per heavy atom. The van der Waals surface area contributed by atoms with Gasteiger partial charge < -0.3 is 4.74 Å². The van der Waals surface area contributed by atoms with Crippen LogP contribution in [0.25, 0.3) is 0 Å². The molecule has 0 fully saturated rings. The third kappa shape index (κ3) is 2.97. The van der Waals surface area contributed by atoms with Gasteiger partial charge in [-0.1, -0.05) is 30.3 Å². The lowest BCUT2D eigenvalue weighted by Crippen LogP contribution is -2.34. The Bertz CT molecular complexity index is 774. The maximum atomic E-state index is 12.8. The van der Waals surface area contributed by atoms with Crippen molar-refractivity contribution in [1.82, 2.24) is 0 Å². The van der Waals surface area contributed by atoms with E-state index in [0.29, 0.717) is 16.9 Å². The summed E-state index contributed by atoms with van der Waals surface area (Å²) in [6, 6.07) is 14.6. The van der Waals surface area contributed by atoms with Crippen molar-refractivity contribution in [3.63, 3.8) is 0 Å². The highest BCUT2D eigenvalue weighted by molar-refractivity contribution is 6.11. The van der Waals surface area contributed by atoms with Crippen molar-refractivity contribution in [3.8, 4) is 0 Å². The fraction of sp³-hybridized carbons (Fsp3) is 0.263. The van der Waals surface area contributed by atoms with Gasteiger partial charge in [-0.05, 0) is 44.5 Å². The molecule has 0 aliphatic carbocycles. The van der Waals surface area contributed by atoms with Crippen LogP contribution in [0.2, 0.25) is 0 Å². The van der Waals surface area contributed by atoms with E-state index >= 15 is 0 Å². The topological polar surface area (TPSA) is 46.6 Å². The minimum absolute atomic E-state index is 0.000825. The molecule has 1 heterocycles. The maximum absolute atomic E-state index is 12.8. The van der Waals surface area contributed by atoms with Crippen LogP contribution in [-0.4, -0.2) is 17.5 Å². The van der Waals surface area contributed by atoms with Gasteiger partial charge in [0.05, 0.1) is 11.4 Å².